The summed E-state index contributed by atoms with van der Waals surface area (Å²) in [5.74, 6) is -0.880. The number of hydrogen-bond acceptors (Lipinski definition) is 4. The average Bonchev–Trinajstić information content (AvgIpc) is 2.90. The smallest absolute Gasteiger partial charge is 0.244 e. The number of benzene rings is 3. The van der Waals surface area contributed by atoms with Gasteiger partial charge in [-0.25, -0.2) is 8.42 Å². The van der Waals surface area contributed by atoms with Crippen molar-refractivity contribution in [2.24, 2.45) is 0 Å². The molecule has 0 spiro atoms. The summed E-state index contributed by atoms with van der Waals surface area (Å²) >= 11 is 12.7. The van der Waals surface area contributed by atoms with Gasteiger partial charge in [-0.1, -0.05) is 84.7 Å². The molecule has 0 aliphatic heterocycles. The third kappa shape index (κ3) is 8.46. The summed E-state index contributed by atoms with van der Waals surface area (Å²) in [5, 5.41) is 3.72. The minimum atomic E-state index is -3.88. The van der Waals surface area contributed by atoms with Crippen molar-refractivity contribution in [2.75, 3.05) is 23.7 Å². The van der Waals surface area contributed by atoms with E-state index in [2.05, 4.69) is 5.32 Å². The fourth-order valence-electron chi connectivity index (χ4n) is 4.08. The summed E-state index contributed by atoms with van der Waals surface area (Å²) in [6.45, 7) is 3.68. The van der Waals surface area contributed by atoms with Crippen LogP contribution in [0.25, 0.3) is 0 Å². The van der Waals surface area contributed by atoms with Gasteiger partial charge in [0.15, 0.2) is 0 Å². The van der Waals surface area contributed by atoms with Crippen molar-refractivity contribution in [1.29, 1.82) is 0 Å². The monoisotopic (exact) mass is 589 g/mol. The van der Waals surface area contributed by atoms with Crippen LogP contribution in [0.2, 0.25) is 10.0 Å². The number of halogens is 2. The Labute approximate surface area is 240 Å². The quantitative estimate of drug-likeness (QED) is 0.313. The second kappa shape index (κ2) is 13.8. The molecule has 10 heteroatoms. The molecule has 0 saturated carbocycles. The van der Waals surface area contributed by atoms with Gasteiger partial charge in [0, 0.05) is 29.6 Å². The molecule has 0 aliphatic rings. The van der Waals surface area contributed by atoms with Crippen LogP contribution in [0.4, 0.5) is 5.69 Å². The Bertz CT molecular complexity index is 1400. The summed E-state index contributed by atoms with van der Waals surface area (Å²) in [6, 6.07) is 20.3. The second-order valence-electron chi connectivity index (χ2n) is 9.31. The van der Waals surface area contributed by atoms with E-state index in [1.54, 1.807) is 43.3 Å². The van der Waals surface area contributed by atoms with Crippen LogP contribution >= 0.6 is 23.2 Å². The molecule has 3 aromatic rings. The zero-order chi connectivity index (χ0) is 28.6. The molecular weight excluding hydrogens is 557 g/mol. The molecule has 0 aliphatic carbocycles. The maximum atomic E-state index is 14.0. The summed E-state index contributed by atoms with van der Waals surface area (Å²) in [7, 11) is -3.88. The number of nitrogens with one attached hydrogen (secondary N) is 1. The van der Waals surface area contributed by atoms with Gasteiger partial charge in [0.2, 0.25) is 21.8 Å². The molecule has 0 aromatic heterocycles. The lowest BCUT2D eigenvalue weighted by Crippen LogP contribution is -2.53. The van der Waals surface area contributed by atoms with Crippen molar-refractivity contribution in [3.63, 3.8) is 0 Å². The Morgan fingerprint density at radius 3 is 2.23 bits per heavy atom. The SMILES string of the molecule is CCCNC(=O)[C@@H](Cc1ccccc1)N(Cc1ccccc1Cl)C(=O)CN(c1ccc(C)c(Cl)c1)S(C)(=O)=O. The molecule has 1 N–H and O–H groups in total. The van der Waals surface area contributed by atoms with Crippen LogP contribution in [0.3, 0.4) is 0 Å². The van der Waals surface area contributed by atoms with Crippen molar-refractivity contribution in [2.45, 2.75) is 39.3 Å². The molecule has 0 unspecified atom stereocenters. The summed E-state index contributed by atoms with van der Waals surface area (Å²) in [4.78, 5) is 28.9. The summed E-state index contributed by atoms with van der Waals surface area (Å²) in [5.41, 5.74) is 2.53. The lowest BCUT2D eigenvalue weighted by molar-refractivity contribution is -0.140. The van der Waals surface area contributed by atoms with Gasteiger partial charge in [-0.2, -0.15) is 0 Å². The van der Waals surface area contributed by atoms with Crippen LogP contribution in [0, 0.1) is 6.92 Å². The molecule has 0 radical (unpaired) electrons. The number of rotatable bonds is 12. The molecule has 7 nitrogen and oxygen atoms in total. The highest BCUT2D eigenvalue weighted by atomic mass is 35.5. The van der Waals surface area contributed by atoms with Crippen LogP contribution in [0.5, 0.6) is 0 Å². The predicted octanol–water partition coefficient (Wildman–Crippen LogP) is 5.23. The van der Waals surface area contributed by atoms with E-state index in [1.165, 1.54) is 11.0 Å². The molecule has 1 atom stereocenters. The van der Waals surface area contributed by atoms with Crippen molar-refractivity contribution < 1.29 is 18.0 Å². The molecule has 2 amide bonds. The molecule has 0 fully saturated rings. The van der Waals surface area contributed by atoms with E-state index in [1.807, 2.05) is 37.3 Å². The summed E-state index contributed by atoms with van der Waals surface area (Å²) in [6.07, 6.45) is 1.99. The molecule has 3 aromatic carbocycles. The van der Waals surface area contributed by atoms with E-state index in [0.29, 0.717) is 22.2 Å². The van der Waals surface area contributed by atoms with Gasteiger partial charge in [0.25, 0.3) is 0 Å². The van der Waals surface area contributed by atoms with Gasteiger partial charge in [-0.05, 0) is 48.2 Å². The topological polar surface area (TPSA) is 86.8 Å². The average molecular weight is 591 g/mol. The Morgan fingerprint density at radius 1 is 0.949 bits per heavy atom. The van der Waals surface area contributed by atoms with Gasteiger partial charge in [-0.15, -0.1) is 0 Å². The highest BCUT2D eigenvalue weighted by Gasteiger charge is 2.33. The first-order valence-corrected chi connectivity index (χ1v) is 15.2. The number of carbonyl (C=O) groups excluding carboxylic acids is 2. The number of nitrogens with zero attached hydrogens (tertiary/aromatic N) is 2. The first-order valence-electron chi connectivity index (χ1n) is 12.6. The first kappa shape index (κ1) is 30.5. The van der Waals surface area contributed by atoms with Gasteiger partial charge in [0.05, 0.1) is 11.9 Å². The van der Waals surface area contributed by atoms with Crippen LogP contribution in [-0.4, -0.2) is 50.5 Å². The number of amides is 2. The van der Waals surface area contributed by atoms with Gasteiger partial charge < -0.3 is 10.2 Å². The standard InChI is InChI=1S/C29H33Cl2N3O4S/c1-4-16-32-29(36)27(17-22-10-6-5-7-11-22)33(19-23-12-8-9-13-25(23)30)28(35)20-34(39(3,37)38)24-15-14-21(2)26(31)18-24/h5-15,18,27H,4,16-17,19-20H2,1-3H3,(H,32,36)/t27-/m1/s1. The van der Waals surface area contributed by atoms with E-state index < -0.39 is 28.5 Å². The fraction of sp³-hybridized carbons (Fsp3) is 0.310. The van der Waals surface area contributed by atoms with E-state index in [0.717, 1.165) is 28.1 Å². The fourth-order valence-corrected chi connectivity index (χ4v) is 5.29. The van der Waals surface area contributed by atoms with Crippen LogP contribution in [-0.2, 0) is 32.6 Å². The minimum Gasteiger partial charge on any atom is -0.354 e. The normalized spacial score (nSPS) is 12.0. The van der Waals surface area contributed by atoms with Gasteiger partial charge in [-0.3, -0.25) is 13.9 Å². The highest BCUT2D eigenvalue weighted by molar-refractivity contribution is 7.92. The summed E-state index contributed by atoms with van der Waals surface area (Å²) < 4.78 is 26.7. The van der Waals surface area contributed by atoms with Crippen molar-refractivity contribution in [3.05, 3.63) is 99.5 Å². The molecule has 3 rings (SSSR count). The van der Waals surface area contributed by atoms with Crippen molar-refractivity contribution in [1.82, 2.24) is 10.2 Å². The van der Waals surface area contributed by atoms with E-state index in [9.17, 15) is 18.0 Å². The van der Waals surface area contributed by atoms with Crippen LogP contribution in [0.15, 0.2) is 72.8 Å². The number of hydrogen-bond donors (Lipinski definition) is 1. The predicted molar refractivity (Wildman–Crippen MR) is 158 cm³/mol. The largest absolute Gasteiger partial charge is 0.354 e. The Morgan fingerprint density at radius 2 is 1.62 bits per heavy atom. The molecule has 208 valence electrons. The maximum absolute atomic E-state index is 14.0. The number of sulfonamides is 1. The third-order valence-corrected chi connectivity index (χ3v) is 8.16. The molecule has 39 heavy (non-hydrogen) atoms. The number of carbonyl (C=O) groups is 2. The Kier molecular flexibility index (Phi) is 10.8. The Hall–Kier alpha value is -3.07. The van der Waals surface area contributed by atoms with Crippen molar-refractivity contribution in [3.8, 4) is 0 Å². The van der Waals surface area contributed by atoms with Crippen molar-refractivity contribution >= 4 is 50.7 Å². The molecule has 0 saturated heterocycles. The van der Waals surface area contributed by atoms with Gasteiger partial charge in [0.1, 0.15) is 12.6 Å². The molecular formula is C29H33Cl2N3O4S. The van der Waals surface area contributed by atoms with E-state index in [-0.39, 0.29) is 24.6 Å². The molecule has 0 bridgehead atoms. The Balaban J connectivity index is 2.06. The zero-order valence-electron chi connectivity index (χ0n) is 22.2. The highest BCUT2D eigenvalue weighted by Crippen LogP contribution is 2.26. The lowest BCUT2D eigenvalue weighted by atomic mass is 10.0. The number of aryl methyl sites for hydroxylation is 1. The first-order chi connectivity index (χ1) is 18.5. The van der Waals surface area contributed by atoms with E-state index >= 15 is 0 Å². The van der Waals surface area contributed by atoms with E-state index in [4.69, 9.17) is 23.2 Å². The number of anilines is 1. The zero-order valence-corrected chi connectivity index (χ0v) is 24.6. The van der Waals surface area contributed by atoms with Gasteiger partial charge >= 0.3 is 0 Å². The molecule has 0 heterocycles. The second-order valence-corrected chi connectivity index (χ2v) is 12.0. The van der Waals surface area contributed by atoms with Crippen LogP contribution < -0.4 is 9.62 Å². The van der Waals surface area contributed by atoms with Crippen LogP contribution in [0.1, 0.15) is 30.0 Å². The maximum Gasteiger partial charge on any atom is 0.244 e. The third-order valence-electron chi connectivity index (χ3n) is 6.24. The lowest BCUT2D eigenvalue weighted by Gasteiger charge is -2.33. The minimum absolute atomic E-state index is 0.0157.